The van der Waals surface area contributed by atoms with Gasteiger partial charge >= 0.3 is 0 Å². The number of non-ortho nitro benzene ring substituents is 1. The molecular weight excluding hydrogens is 443 g/mol. The highest BCUT2D eigenvalue weighted by atomic mass is 32.2. The molecule has 29 heavy (non-hydrogen) atoms. The molecule has 2 atom stereocenters. The van der Waals surface area contributed by atoms with E-state index in [1.807, 2.05) is 0 Å². The van der Waals surface area contributed by atoms with Crippen LogP contribution < -0.4 is 0 Å². The van der Waals surface area contributed by atoms with E-state index in [0.29, 0.717) is 16.9 Å². The van der Waals surface area contributed by atoms with Crippen molar-refractivity contribution in [1.82, 2.24) is 0 Å². The minimum absolute atomic E-state index is 0.0998. The van der Waals surface area contributed by atoms with Crippen LogP contribution in [0.5, 0.6) is 0 Å². The van der Waals surface area contributed by atoms with Crippen LogP contribution in [0.25, 0.3) is 0 Å². The van der Waals surface area contributed by atoms with Crippen LogP contribution in [0, 0.1) is 32.6 Å². The number of nitro benzene ring substituents is 1. The Kier molecular flexibility index (Phi) is 9.47. The van der Waals surface area contributed by atoms with Crippen molar-refractivity contribution in [3.63, 3.8) is 0 Å². The molecule has 1 aliphatic heterocycles. The minimum Gasteiger partial charge on any atom is -0.259 e. The van der Waals surface area contributed by atoms with E-state index in [1.165, 1.54) is 28.8 Å². The van der Waals surface area contributed by atoms with Gasteiger partial charge < -0.3 is 0 Å². The van der Waals surface area contributed by atoms with Crippen molar-refractivity contribution in [2.45, 2.75) is 51.0 Å². The highest BCUT2D eigenvalue weighted by Gasteiger charge is 2.47. The fourth-order valence-corrected chi connectivity index (χ4v) is 7.34. The minimum atomic E-state index is -0.382. The van der Waals surface area contributed by atoms with Gasteiger partial charge in [0.1, 0.15) is 9.78 Å². The predicted octanol–water partition coefficient (Wildman–Crippen LogP) is 7.37. The lowest BCUT2D eigenvalue weighted by Crippen LogP contribution is -2.40. The molecule has 0 saturated heterocycles. The largest absolute Gasteiger partial charge is 0.269 e. The van der Waals surface area contributed by atoms with Gasteiger partial charge in [-0.15, -0.1) is 0 Å². The summed E-state index contributed by atoms with van der Waals surface area (Å²) >= 11 is 6.14. The van der Waals surface area contributed by atoms with Gasteiger partial charge in [-0.1, -0.05) is 75.8 Å². The molecule has 1 heterocycles. The van der Waals surface area contributed by atoms with Gasteiger partial charge in [0.15, 0.2) is 0 Å². The fraction of sp³-hybridized carbons (Fsp3) is 0.500. The predicted molar refractivity (Wildman–Crippen MR) is 129 cm³/mol. The molecule has 5 nitrogen and oxygen atoms in total. The Hall–Kier alpha value is -1.08. The van der Waals surface area contributed by atoms with Gasteiger partial charge in [-0.3, -0.25) is 15.1 Å². The molecule has 1 aromatic rings. The first-order chi connectivity index (χ1) is 13.9. The fourth-order valence-electron chi connectivity index (χ4n) is 3.27. The van der Waals surface area contributed by atoms with Gasteiger partial charge in [-0.2, -0.15) is 5.26 Å². The van der Waals surface area contributed by atoms with E-state index >= 15 is 0 Å². The molecule has 9 heteroatoms. The third kappa shape index (κ3) is 5.75. The molecular formula is C20H25N3O2S4. The topological polar surface area (TPSA) is 79.3 Å². The van der Waals surface area contributed by atoms with Crippen LogP contribution in [0.15, 0.2) is 44.5 Å². The number of benzene rings is 1. The molecule has 0 amide bonds. The Morgan fingerprint density at radius 2 is 1.90 bits per heavy atom. The Labute approximate surface area is 189 Å². The molecule has 0 fully saturated rings. The zero-order chi connectivity index (χ0) is 21.4. The van der Waals surface area contributed by atoms with Crippen LogP contribution in [0.3, 0.4) is 0 Å². The van der Waals surface area contributed by atoms with Crippen molar-refractivity contribution in [2.24, 2.45) is 16.8 Å². The highest BCUT2D eigenvalue weighted by Crippen LogP contribution is 2.53. The first-order valence-electron chi connectivity index (χ1n) is 9.42. The second-order valence-electron chi connectivity index (χ2n) is 6.77. The number of nitrogens with zero attached hydrogens (tertiary/aromatic N) is 3. The summed E-state index contributed by atoms with van der Waals surface area (Å²) in [5.41, 5.74) is -0.162. The van der Waals surface area contributed by atoms with E-state index in [9.17, 15) is 10.1 Å². The van der Waals surface area contributed by atoms with E-state index in [-0.39, 0.29) is 16.1 Å². The SMILES string of the molecule is CCC(C)C1(C(C)CC)N=C(SCSC#N)S/C1=C/Sc1ccc([N+](=O)[O-])cc1. The quantitative estimate of drug-likeness (QED) is 0.0936. The lowest BCUT2D eigenvalue weighted by molar-refractivity contribution is -0.384. The van der Waals surface area contributed by atoms with Crippen molar-refractivity contribution in [3.05, 3.63) is 44.7 Å². The summed E-state index contributed by atoms with van der Waals surface area (Å²) in [6, 6.07) is 6.65. The van der Waals surface area contributed by atoms with E-state index in [0.717, 1.165) is 22.1 Å². The molecule has 0 aromatic heterocycles. The molecule has 0 spiro atoms. The standard InChI is InChI=1S/C20H25N3O2S4/c1-5-14(3)20(15(4)6-2)18(29-19(22-20)28-13-26-12-21)11-27-17-9-7-16(8-10-17)23(24)25/h7-11,14-15H,5-6,13H2,1-4H3/b18-11+. The molecule has 0 radical (unpaired) electrons. The third-order valence-electron chi connectivity index (χ3n) is 5.25. The van der Waals surface area contributed by atoms with Crippen LogP contribution in [0.4, 0.5) is 5.69 Å². The molecule has 1 aliphatic rings. The lowest BCUT2D eigenvalue weighted by Gasteiger charge is -2.38. The van der Waals surface area contributed by atoms with Gasteiger partial charge in [-0.05, 0) is 41.1 Å². The van der Waals surface area contributed by atoms with Gasteiger partial charge in [0.25, 0.3) is 5.69 Å². The summed E-state index contributed by atoms with van der Waals surface area (Å²) in [5, 5.41) is 24.6. The van der Waals surface area contributed by atoms with Crippen molar-refractivity contribution < 1.29 is 4.92 Å². The number of nitro groups is 1. The van der Waals surface area contributed by atoms with Gasteiger partial charge in [0, 0.05) is 21.9 Å². The molecule has 0 aliphatic carbocycles. The normalized spacial score (nSPS) is 22.2. The number of thiocyanates is 1. The second-order valence-corrected chi connectivity index (χ2v) is 11.1. The number of aliphatic imine (C=N–C) groups is 1. The van der Waals surface area contributed by atoms with E-state index < -0.39 is 0 Å². The number of hydrogen-bond acceptors (Lipinski definition) is 8. The molecule has 1 aromatic carbocycles. The molecule has 2 rings (SSSR count). The molecule has 2 unspecified atom stereocenters. The highest BCUT2D eigenvalue weighted by molar-refractivity contribution is 8.43. The van der Waals surface area contributed by atoms with Crippen molar-refractivity contribution in [2.75, 3.05) is 5.08 Å². The molecule has 0 saturated carbocycles. The van der Waals surface area contributed by atoms with Gasteiger partial charge in [0.2, 0.25) is 0 Å². The van der Waals surface area contributed by atoms with E-state index in [4.69, 9.17) is 10.3 Å². The first-order valence-corrected chi connectivity index (χ1v) is 13.1. The zero-order valence-corrected chi connectivity index (χ0v) is 20.2. The van der Waals surface area contributed by atoms with E-state index in [2.05, 4.69) is 38.5 Å². The number of nitriles is 1. The maximum Gasteiger partial charge on any atom is 0.269 e. The summed E-state index contributed by atoms with van der Waals surface area (Å²) in [5.74, 6) is 0.769. The van der Waals surface area contributed by atoms with Crippen LogP contribution in [0.1, 0.15) is 40.5 Å². The Bertz CT molecular complexity index is 808. The third-order valence-corrected chi connectivity index (χ3v) is 9.24. The molecule has 0 bridgehead atoms. The first kappa shape index (κ1) is 24.2. The summed E-state index contributed by atoms with van der Waals surface area (Å²) in [7, 11) is 0. The smallest absolute Gasteiger partial charge is 0.259 e. The van der Waals surface area contributed by atoms with Crippen molar-refractivity contribution in [1.29, 1.82) is 5.26 Å². The zero-order valence-electron chi connectivity index (χ0n) is 17.0. The van der Waals surface area contributed by atoms with Gasteiger partial charge in [-0.25, -0.2) is 0 Å². The summed E-state index contributed by atoms with van der Waals surface area (Å²) < 4.78 is 1.02. The summed E-state index contributed by atoms with van der Waals surface area (Å²) in [4.78, 5) is 17.9. The average Bonchev–Trinajstić information content (AvgIpc) is 3.11. The Morgan fingerprint density at radius 3 is 2.41 bits per heavy atom. The van der Waals surface area contributed by atoms with Crippen molar-refractivity contribution >= 4 is 57.1 Å². The monoisotopic (exact) mass is 467 g/mol. The maximum absolute atomic E-state index is 10.9. The molecule has 0 N–H and O–H groups in total. The maximum atomic E-state index is 10.9. The summed E-state index contributed by atoms with van der Waals surface area (Å²) in [6.45, 7) is 8.93. The number of rotatable bonds is 9. The summed E-state index contributed by atoms with van der Waals surface area (Å²) in [6.07, 6.45) is 2.05. The second kappa shape index (κ2) is 11.3. The lowest BCUT2D eigenvalue weighted by atomic mass is 9.73. The Balaban J connectivity index is 2.34. The van der Waals surface area contributed by atoms with Crippen LogP contribution in [-0.4, -0.2) is 19.9 Å². The van der Waals surface area contributed by atoms with Crippen LogP contribution in [-0.2, 0) is 0 Å². The number of thioether (sulfide) groups is 4. The average molecular weight is 468 g/mol. The van der Waals surface area contributed by atoms with E-state index in [1.54, 1.807) is 47.4 Å². The number of hydrogen-bond donors (Lipinski definition) is 0. The van der Waals surface area contributed by atoms with Crippen molar-refractivity contribution in [3.8, 4) is 5.40 Å². The Morgan fingerprint density at radius 1 is 1.28 bits per heavy atom. The molecule has 156 valence electrons. The van der Waals surface area contributed by atoms with Gasteiger partial charge in [0.05, 0.1) is 15.5 Å². The van der Waals surface area contributed by atoms with Crippen LogP contribution in [0.2, 0.25) is 0 Å². The van der Waals surface area contributed by atoms with Crippen LogP contribution >= 0.6 is 47.0 Å².